The van der Waals surface area contributed by atoms with Crippen molar-refractivity contribution < 1.29 is 52.8 Å². The Balaban J connectivity index is 3.66. The molecule has 0 fully saturated rings. The van der Waals surface area contributed by atoms with Gasteiger partial charge in [-0.3, -0.25) is 24.0 Å². The molecule has 0 aliphatic carbocycles. The summed E-state index contributed by atoms with van der Waals surface area (Å²) in [6, 6.07) is -1.38. The van der Waals surface area contributed by atoms with Crippen LogP contribution in [0.15, 0.2) is 0 Å². The first-order valence-corrected chi connectivity index (χ1v) is 22.7. The monoisotopic (exact) mass is 859 g/mol. The molecule has 8 N–H and O–H groups in total. The van der Waals surface area contributed by atoms with E-state index in [1.165, 1.54) is 70.6 Å². The zero-order chi connectivity index (χ0) is 44.3. The third-order valence-electron chi connectivity index (χ3n) is 9.83. The Bertz CT molecular complexity index is 1120. The van der Waals surface area contributed by atoms with E-state index in [9.17, 15) is 33.9 Å². The smallest absolute Gasteiger partial charge is 0.326 e. The summed E-state index contributed by atoms with van der Waals surface area (Å²) in [5.41, 5.74) is 5.39. The van der Waals surface area contributed by atoms with Gasteiger partial charge in [-0.2, -0.15) is 0 Å². The predicted molar refractivity (Wildman–Crippen MR) is 231 cm³/mol. The maximum Gasteiger partial charge on any atom is 0.326 e. The molecule has 0 aromatic rings. The molecule has 0 rings (SSSR count). The van der Waals surface area contributed by atoms with E-state index >= 15 is 0 Å². The van der Waals surface area contributed by atoms with Gasteiger partial charge in [0.2, 0.25) is 23.6 Å². The van der Waals surface area contributed by atoms with Crippen molar-refractivity contribution >= 4 is 35.4 Å². The molecule has 0 aromatic carbocycles. The van der Waals surface area contributed by atoms with Crippen LogP contribution in [0.3, 0.4) is 0 Å². The van der Waals surface area contributed by atoms with Crippen molar-refractivity contribution in [1.29, 1.82) is 0 Å². The number of carbonyl (C=O) groups excluding carboxylic acids is 5. The van der Waals surface area contributed by atoms with Gasteiger partial charge in [-0.05, 0) is 39.2 Å². The number of aliphatic carboxylic acids is 1. The number of carboxylic acid groups (broad SMARTS) is 1. The summed E-state index contributed by atoms with van der Waals surface area (Å²) in [6.07, 6.45) is 20.9. The van der Waals surface area contributed by atoms with Gasteiger partial charge in [0.15, 0.2) is 5.78 Å². The standard InChI is InChI=1S/C43H82N6O11/c1-3-4-5-6-7-8-9-10-11-12-13-14-15-16-17-21-40(52)49-37(43(55)56)22-23-39(51)47-25-27-57-29-32-60-35-42(54)48-26-28-58-30-31-59-34-41(53)46-24-19-18-20-36(45-2)38(50)33-44/h36-37,45H,3-35,44H2,1-2H3,(H,46,53)(H,47,51)(H,48,54)(H,49,52)(H,55,56)/t36-,37?/m0/s1. The number of unbranched alkanes of at least 4 members (excludes halogenated alkanes) is 15. The minimum absolute atomic E-state index is 0.00590. The van der Waals surface area contributed by atoms with E-state index in [1.54, 1.807) is 7.05 Å². The molecule has 2 atom stereocenters. The van der Waals surface area contributed by atoms with E-state index in [1.807, 2.05) is 0 Å². The fourth-order valence-corrected chi connectivity index (χ4v) is 6.25. The Morgan fingerprint density at radius 3 is 1.45 bits per heavy atom. The van der Waals surface area contributed by atoms with Crippen LogP contribution in [0.25, 0.3) is 0 Å². The molecule has 1 unspecified atom stereocenters. The maximum absolute atomic E-state index is 12.3. The Hall–Kier alpha value is -3.22. The number of ether oxygens (including phenoxy) is 4. The number of carboxylic acids is 1. The van der Waals surface area contributed by atoms with E-state index in [4.69, 9.17) is 24.7 Å². The lowest BCUT2D eigenvalue weighted by atomic mass is 10.0. The first kappa shape index (κ1) is 56.8. The summed E-state index contributed by atoms with van der Waals surface area (Å²) in [4.78, 5) is 71.6. The van der Waals surface area contributed by atoms with Crippen LogP contribution in [0.2, 0.25) is 0 Å². The van der Waals surface area contributed by atoms with Gasteiger partial charge in [0.1, 0.15) is 19.3 Å². The number of Topliss-reactive ketones (excluding diaryl/α,β-unsaturated/α-hetero) is 1. The van der Waals surface area contributed by atoms with E-state index in [2.05, 4.69) is 33.5 Å². The fourth-order valence-electron chi connectivity index (χ4n) is 6.25. The third kappa shape index (κ3) is 37.8. The molecule has 0 aliphatic rings. The first-order valence-electron chi connectivity index (χ1n) is 22.7. The van der Waals surface area contributed by atoms with E-state index in [-0.39, 0.29) is 127 Å². The summed E-state index contributed by atoms with van der Waals surface area (Å²) in [7, 11) is 1.72. The highest BCUT2D eigenvalue weighted by Gasteiger charge is 2.21. The van der Waals surface area contributed by atoms with Gasteiger partial charge in [0, 0.05) is 32.5 Å². The van der Waals surface area contributed by atoms with Gasteiger partial charge in [0.25, 0.3) is 0 Å². The molecule has 17 heteroatoms. The third-order valence-corrected chi connectivity index (χ3v) is 9.83. The molecule has 0 saturated carbocycles. The molecule has 0 saturated heterocycles. The van der Waals surface area contributed by atoms with Crippen molar-refractivity contribution in [2.75, 3.05) is 86.1 Å². The van der Waals surface area contributed by atoms with Gasteiger partial charge < -0.3 is 56.4 Å². The molecule has 4 amide bonds. The van der Waals surface area contributed by atoms with Crippen LogP contribution in [0.1, 0.15) is 142 Å². The highest BCUT2D eigenvalue weighted by Crippen LogP contribution is 2.14. The number of likely N-dealkylation sites (N-methyl/N-ethyl adjacent to an activating group) is 1. The van der Waals surface area contributed by atoms with Gasteiger partial charge in [-0.1, -0.05) is 96.8 Å². The second kappa shape index (κ2) is 42.5. The molecule has 0 spiro atoms. The summed E-state index contributed by atoms with van der Waals surface area (Å²) in [5, 5.41) is 23.1. The number of hydrogen-bond donors (Lipinski definition) is 7. The quantitative estimate of drug-likeness (QED) is 0.0436. The molecule has 350 valence electrons. The second-order valence-electron chi connectivity index (χ2n) is 15.1. The lowest BCUT2D eigenvalue weighted by Gasteiger charge is -2.14. The number of hydrogen-bond acceptors (Lipinski definition) is 12. The summed E-state index contributed by atoms with van der Waals surface area (Å²) in [5.74, 6) is -2.38. The zero-order valence-electron chi connectivity index (χ0n) is 37.1. The van der Waals surface area contributed by atoms with Gasteiger partial charge in [-0.15, -0.1) is 0 Å². The Morgan fingerprint density at radius 2 is 0.967 bits per heavy atom. The van der Waals surface area contributed by atoms with Crippen LogP contribution in [-0.4, -0.2) is 139 Å². The highest BCUT2D eigenvalue weighted by atomic mass is 16.5. The lowest BCUT2D eigenvalue weighted by molar-refractivity contribution is -0.142. The summed E-state index contributed by atoms with van der Waals surface area (Å²) >= 11 is 0. The van der Waals surface area contributed by atoms with Crippen LogP contribution in [0.5, 0.6) is 0 Å². The topological polar surface area (TPSA) is 246 Å². The average Bonchev–Trinajstić information content (AvgIpc) is 3.23. The molecule has 60 heavy (non-hydrogen) atoms. The van der Waals surface area contributed by atoms with E-state index < -0.39 is 12.0 Å². The van der Waals surface area contributed by atoms with Crippen molar-refractivity contribution in [2.45, 2.75) is 154 Å². The lowest BCUT2D eigenvalue weighted by Crippen LogP contribution is -2.41. The van der Waals surface area contributed by atoms with E-state index in [0.717, 1.165) is 38.5 Å². The second-order valence-corrected chi connectivity index (χ2v) is 15.1. The molecular formula is C43H82N6O11. The van der Waals surface area contributed by atoms with Crippen molar-refractivity contribution in [3.05, 3.63) is 0 Å². The van der Waals surface area contributed by atoms with Crippen molar-refractivity contribution in [3.8, 4) is 0 Å². The van der Waals surface area contributed by atoms with E-state index in [0.29, 0.717) is 13.0 Å². The molecule has 0 heterocycles. The minimum Gasteiger partial charge on any atom is -0.480 e. The summed E-state index contributed by atoms with van der Waals surface area (Å²) in [6.45, 7) is 4.36. The highest BCUT2D eigenvalue weighted by molar-refractivity contribution is 5.85. The zero-order valence-corrected chi connectivity index (χ0v) is 37.1. The van der Waals surface area contributed by atoms with Crippen LogP contribution in [0, 0.1) is 0 Å². The van der Waals surface area contributed by atoms with Crippen molar-refractivity contribution in [3.63, 3.8) is 0 Å². The Labute approximate surface area is 359 Å². The van der Waals surface area contributed by atoms with Gasteiger partial charge in [-0.25, -0.2) is 4.79 Å². The first-order chi connectivity index (χ1) is 29.1. The normalized spacial score (nSPS) is 12.1. The van der Waals surface area contributed by atoms with Crippen LogP contribution >= 0.6 is 0 Å². The SMILES string of the molecule is CCCCCCCCCCCCCCCCCC(=O)NC(CCC(=O)NCCOCCOCC(=O)NCCOCCOCC(=O)NCCCC[C@H](NC)C(=O)CN)C(=O)O. The molecule has 0 bridgehead atoms. The molecular weight excluding hydrogens is 777 g/mol. The van der Waals surface area contributed by atoms with Gasteiger partial charge >= 0.3 is 5.97 Å². The molecule has 0 radical (unpaired) electrons. The van der Waals surface area contributed by atoms with Crippen molar-refractivity contribution in [2.24, 2.45) is 5.73 Å². The van der Waals surface area contributed by atoms with Gasteiger partial charge in [0.05, 0.1) is 52.2 Å². The predicted octanol–water partition coefficient (Wildman–Crippen LogP) is 3.30. The van der Waals surface area contributed by atoms with Crippen molar-refractivity contribution in [1.82, 2.24) is 26.6 Å². The molecule has 0 aromatic heterocycles. The number of nitrogens with two attached hydrogens (primary N) is 1. The number of rotatable bonds is 45. The Kier molecular flexibility index (Phi) is 40.2. The van der Waals surface area contributed by atoms with Crippen LogP contribution in [-0.2, 0) is 47.7 Å². The Morgan fingerprint density at radius 1 is 0.500 bits per heavy atom. The summed E-state index contributed by atoms with van der Waals surface area (Å²) < 4.78 is 21.4. The van der Waals surface area contributed by atoms with Crippen LogP contribution in [0.4, 0.5) is 0 Å². The minimum atomic E-state index is -1.17. The molecule has 17 nitrogen and oxygen atoms in total. The number of nitrogens with one attached hydrogen (secondary N) is 5. The average molecular weight is 859 g/mol. The number of amides is 4. The number of carbonyl (C=O) groups is 6. The largest absolute Gasteiger partial charge is 0.480 e. The maximum atomic E-state index is 12.3. The molecule has 0 aliphatic heterocycles. The number of ketones is 1. The fraction of sp³-hybridized carbons (Fsp3) is 0.860. The van der Waals surface area contributed by atoms with Crippen LogP contribution < -0.4 is 32.3 Å².